The van der Waals surface area contributed by atoms with Crippen LogP contribution in [0, 0.1) is 0 Å². The molecule has 1 aliphatic carbocycles. The van der Waals surface area contributed by atoms with Crippen molar-refractivity contribution in [3.8, 4) is 0 Å². The lowest BCUT2D eigenvalue weighted by molar-refractivity contribution is -0.162. The van der Waals surface area contributed by atoms with Crippen LogP contribution in [0.1, 0.15) is 23.2 Å². The molecule has 0 atom stereocenters. The van der Waals surface area contributed by atoms with Gasteiger partial charge >= 0.3 is 18.2 Å². The van der Waals surface area contributed by atoms with Gasteiger partial charge < -0.3 is 15.7 Å². The fourth-order valence-corrected chi connectivity index (χ4v) is 2.01. The molecule has 0 radical (unpaired) electrons. The molecule has 1 saturated carbocycles. The van der Waals surface area contributed by atoms with Crippen LogP contribution in [0.4, 0.5) is 23.7 Å². The van der Waals surface area contributed by atoms with Crippen molar-refractivity contribution in [3.05, 3.63) is 28.8 Å². The average molecular weight is 323 g/mol. The van der Waals surface area contributed by atoms with Crippen molar-refractivity contribution in [2.75, 3.05) is 5.32 Å². The van der Waals surface area contributed by atoms with Crippen molar-refractivity contribution in [3.63, 3.8) is 0 Å². The van der Waals surface area contributed by atoms with Gasteiger partial charge in [0.15, 0.2) is 0 Å². The molecule has 2 amide bonds. The second-order valence-corrected chi connectivity index (χ2v) is 5.07. The van der Waals surface area contributed by atoms with E-state index < -0.39 is 23.7 Å². The average Bonchev–Trinajstić information content (AvgIpc) is 3.08. The number of rotatable bonds is 3. The Hall–Kier alpha value is -1.96. The lowest BCUT2D eigenvalue weighted by Crippen LogP contribution is -2.49. The second-order valence-electron chi connectivity index (χ2n) is 4.66. The molecular weight excluding hydrogens is 313 g/mol. The van der Waals surface area contributed by atoms with Crippen LogP contribution in [-0.2, 0) is 0 Å². The molecule has 1 aromatic carbocycles. The van der Waals surface area contributed by atoms with Gasteiger partial charge in [-0.25, -0.2) is 9.59 Å². The monoisotopic (exact) mass is 322 g/mol. The first-order valence-corrected chi connectivity index (χ1v) is 6.21. The third-order valence-electron chi connectivity index (χ3n) is 3.10. The van der Waals surface area contributed by atoms with Gasteiger partial charge in [-0.1, -0.05) is 11.6 Å². The summed E-state index contributed by atoms with van der Waals surface area (Å²) in [6.45, 7) is 0. The lowest BCUT2D eigenvalue weighted by atomic mass is 10.2. The zero-order chi connectivity index (χ0) is 15.8. The summed E-state index contributed by atoms with van der Waals surface area (Å²) in [6.07, 6.45) is -4.83. The van der Waals surface area contributed by atoms with Gasteiger partial charge in [0.05, 0.1) is 10.6 Å². The molecule has 0 heterocycles. The summed E-state index contributed by atoms with van der Waals surface area (Å²) in [6, 6.07) is 2.51. The molecule has 114 valence electrons. The number of carboxylic acid groups (broad SMARTS) is 1. The smallest absolute Gasteiger partial charge is 0.411 e. The van der Waals surface area contributed by atoms with Crippen LogP contribution in [0.2, 0.25) is 5.02 Å². The molecule has 5 nitrogen and oxygen atoms in total. The van der Waals surface area contributed by atoms with Crippen molar-refractivity contribution in [1.82, 2.24) is 5.32 Å². The summed E-state index contributed by atoms with van der Waals surface area (Å²) >= 11 is 5.69. The molecule has 21 heavy (non-hydrogen) atoms. The van der Waals surface area contributed by atoms with Gasteiger partial charge in [-0.05, 0) is 31.0 Å². The standard InChI is InChI=1S/C12H10ClF3N2O3/c13-8-5-6(1-2-7(8)9(19)20)17-10(21)18-11(3-4-11)12(14,15)16/h1-2,5H,3-4H2,(H,19,20)(H2,17,18,21). The molecule has 0 aromatic heterocycles. The maximum absolute atomic E-state index is 12.7. The van der Waals surface area contributed by atoms with Gasteiger partial charge in [-0.15, -0.1) is 0 Å². The van der Waals surface area contributed by atoms with Gasteiger partial charge in [0.2, 0.25) is 0 Å². The number of carbonyl (C=O) groups excluding carboxylic acids is 1. The number of aromatic carboxylic acids is 1. The summed E-state index contributed by atoms with van der Waals surface area (Å²) in [7, 11) is 0. The summed E-state index contributed by atoms with van der Waals surface area (Å²) in [4.78, 5) is 22.3. The number of halogens is 4. The van der Waals surface area contributed by atoms with Crippen LogP contribution >= 0.6 is 11.6 Å². The van der Waals surface area contributed by atoms with Crippen molar-refractivity contribution in [1.29, 1.82) is 0 Å². The minimum Gasteiger partial charge on any atom is -0.478 e. The molecule has 0 saturated heterocycles. The van der Waals surface area contributed by atoms with E-state index in [0.29, 0.717) is 0 Å². The van der Waals surface area contributed by atoms with E-state index in [-0.39, 0.29) is 29.1 Å². The van der Waals surface area contributed by atoms with Gasteiger partial charge in [0.25, 0.3) is 0 Å². The minimum absolute atomic E-state index is 0.0977. The third kappa shape index (κ3) is 3.21. The number of urea groups is 1. The number of amides is 2. The van der Waals surface area contributed by atoms with E-state index in [0.717, 1.165) is 12.1 Å². The van der Waals surface area contributed by atoms with Gasteiger partial charge in [-0.3, -0.25) is 0 Å². The lowest BCUT2D eigenvalue weighted by Gasteiger charge is -2.21. The number of benzene rings is 1. The number of alkyl halides is 3. The first-order chi connectivity index (χ1) is 9.64. The topological polar surface area (TPSA) is 78.4 Å². The zero-order valence-corrected chi connectivity index (χ0v) is 11.2. The Balaban J connectivity index is 2.04. The van der Waals surface area contributed by atoms with E-state index in [4.69, 9.17) is 16.7 Å². The van der Waals surface area contributed by atoms with Crippen LogP contribution < -0.4 is 10.6 Å². The number of hydrogen-bond acceptors (Lipinski definition) is 2. The Labute approximate surface area is 122 Å². The van der Waals surface area contributed by atoms with Crippen molar-refractivity contribution >= 4 is 29.3 Å². The Kier molecular flexibility index (Phi) is 3.75. The number of hydrogen-bond donors (Lipinski definition) is 3. The third-order valence-corrected chi connectivity index (χ3v) is 3.42. The highest BCUT2D eigenvalue weighted by Gasteiger charge is 2.64. The molecular formula is C12H10ClF3N2O3. The molecule has 0 spiro atoms. The highest BCUT2D eigenvalue weighted by molar-refractivity contribution is 6.33. The van der Waals surface area contributed by atoms with Gasteiger partial charge in [0, 0.05) is 5.69 Å². The van der Waals surface area contributed by atoms with E-state index in [1.54, 1.807) is 0 Å². The maximum atomic E-state index is 12.7. The second kappa shape index (κ2) is 5.10. The SMILES string of the molecule is O=C(Nc1ccc(C(=O)O)c(Cl)c1)NC1(C(F)(F)F)CC1. The molecule has 1 aliphatic rings. The molecule has 1 aromatic rings. The number of carboxylic acids is 1. The van der Waals surface area contributed by atoms with Gasteiger partial charge in [-0.2, -0.15) is 13.2 Å². The predicted octanol–water partition coefficient (Wildman–Crippen LogP) is 3.25. The van der Waals surface area contributed by atoms with E-state index >= 15 is 0 Å². The van der Waals surface area contributed by atoms with Crippen LogP contribution in [0.15, 0.2) is 18.2 Å². The molecule has 9 heteroatoms. The van der Waals surface area contributed by atoms with E-state index in [2.05, 4.69) is 5.32 Å². The molecule has 1 fully saturated rings. The van der Waals surface area contributed by atoms with Crippen LogP contribution in [-0.4, -0.2) is 28.8 Å². The van der Waals surface area contributed by atoms with Crippen LogP contribution in [0.5, 0.6) is 0 Å². The first kappa shape index (κ1) is 15.4. The molecule has 0 unspecified atom stereocenters. The maximum Gasteiger partial charge on any atom is 0.411 e. The van der Waals surface area contributed by atoms with E-state index in [1.165, 1.54) is 6.07 Å². The zero-order valence-electron chi connectivity index (χ0n) is 10.4. The highest BCUT2D eigenvalue weighted by Crippen LogP contribution is 2.48. The summed E-state index contributed by atoms with van der Waals surface area (Å²) < 4.78 is 38.0. The summed E-state index contributed by atoms with van der Waals surface area (Å²) in [5, 5.41) is 12.7. The number of anilines is 1. The number of carbonyl (C=O) groups is 2. The minimum atomic E-state index is -4.50. The Morgan fingerprint density at radius 1 is 1.29 bits per heavy atom. The Bertz CT molecular complexity index is 600. The molecule has 0 aliphatic heterocycles. The van der Waals surface area contributed by atoms with Crippen LogP contribution in [0.25, 0.3) is 0 Å². The Morgan fingerprint density at radius 2 is 1.90 bits per heavy atom. The van der Waals surface area contributed by atoms with E-state index in [9.17, 15) is 22.8 Å². The molecule has 0 bridgehead atoms. The summed E-state index contributed by atoms with van der Waals surface area (Å²) in [5.41, 5.74) is -2.24. The van der Waals surface area contributed by atoms with Gasteiger partial charge in [0.1, 0.15) is 5.54 Å². The fraction of sp³-hybridized carbons (Fsp3) is 0.333. The predicted molar refractivity (Wildman–Crippen MR) is 68.6 cm³/mol. The molecule has 3 N–H and O–H groups in total. The van der Waals surface area contributed by atoms with Crippen LogP contribution in [0.3, 0.4) is 0 Å². The first-order valence-electron chi connectivity index (χ1n) is 5.83. The number of nitrogens with one attached hydrogen (secondary N) is 2. The van der Waals surface area contributed by atoms with Crippen molar-refractivity contribution in [2.24, 2.45) is 0 Å². The normalized spacial score (nSPS) is 16.2. The van der Waals surface area contributed by atoms with Crippen molar-refractivity contribution < 1.29 is 27.9 Å². The highest BCUT2D eigenvalue weighted by atomic mass is 35.5. The Morgan fingerprint density at radius 3 is 2.33 bits per heavy atom. The molecule has 2 rings (SSSR count). The summed E-state index contributed by atoms with van der Waals surface area (Å²) in [5.74, 6) is -1.25. The largest absolute Gasteiger partial charge is 0.478 e. The quantitative estimate of drug-likeness (QED) is 0.799. The fourth-order valence-electron chi connectivity index (χ4n) is 1.75. The van der Waals surface area contributed by atoms with E-state index in [1.807, 2.05) is 5.32 Å². The van der Waals surface area contributed by atoms with Crippen molar-refractivity contribution in [2.45, 2.75) is 24.6 Å².